The van der Waals surface area contributed by atoms with Gasteiger partial charge in [0.15, 0.2) is 0 Å². The van der Waals surface area contributed by atoms with Crippen LogP contribution in [0.2, 0.25) is 0 Å². The first-order valence-electron chi connectivity index (χ1n) is 6.79. The van der Waals surface area contributed by atoms with Gasteiger partial charge in [0.05, 0.1) is 0 Å². The van der Waals surface area contributed by atoms with Gasteiger partial charge in [-0.1, -0.05) is 0 Å². The number of hydrogen-bond donors (Lipinski definition) is 2. The minimum atomic E-state index is -0.514. The first-order valence-corrected chi connectivity index (χ1v) is 7.56. The molecule has 0 bridgehead atoms. The van der Waals surface area contributed by atoms with E-state index in [1.165, 1.54) is 0 Å². The smallest absolute Gasteiger partial charge is 0.407 e. The Labute approximate surface area is 129 Å². The van der Waals surface area contributed by atoms with E-state index in [-0.39, 0.29) is 5.91 Å². The zero-order valence-electron chi connectivity index (χ0n) is 13.1. The van der Waals surface area contributed by atoms with E-state index in [9.17, 15) is 9.59 Å². The first kappa shape index (κ1) is 17.4. The van der Waals surface area contributed by atoms with Crippen molar-refractivity contribution in [2.24, 2.45) is 0 Å². The van der Waals surface area contributed by atoms with Crippen molar-refractivity contribution in [1.29, 1.82) is 0 Å². The van der Waals surface area contributed by atoms with Crippen LogP contribution in [-0.4, -0.2) is 34.1 Å². The van der Waals surface area contributed by atoms with Crippen LogP contribution in [0.5, 0.6) is 0 Å². The molecule has 0 spiro atoms. The second kappa shape index (κ2) is 6.89. The molecule has 1 aromatic rings. The molecule has 0 atom stereocenters. The molecule has 0 aliphatic rings. The standard InChI is InChI=1S/C14H23N3O3S/c1-13(2,3)20-12(19)15-9-7-14(4,5)17-11(18)10-6-8-16-21-10/h6,8H,7,9H2,1-5H3,(H,15,19)(H,17,18). The summed E-state index contributed by atoms with van der Waals surface area (Å²) in [6.07, 6.45) is 1.74. The minimum absolute atomic E-state index is 0.153. The SMILES string of the molecule is CC(C)(CCNC(=O)OC(C)(C)C)NC(=O)c1ccns1. The molecule has 0 unspecified atom stereocenters. The summed E-state index contributed by atoms with van der Waals surface area (Å²) < 4.78 is 9.05. The van der Waals surface area contributed by atoms with E-state index in [0.29, 0.717) is 17.8 Å². The monoisotopic (exact) mass is 313 g/mol. The van der Waals surface area contributed by atoms with E-state index in [4.69, 9.17) is 4.74 Å². The van der Waals surface area contributed by atoms with Crippen LogP contribution >= 0.6 is 11.5 Å². The minimum Gasteiger partial charge on any atom is -0.444 e. The molecule has 1 rings (SSSR count). The maximum absolute atomic E-state index is 12.0. The number of carbonyl (C=O) groups excluding carboxylic acids is 2. The van der Waals surface area contributed by atoms with Gasteiger partial charge in [0, 0.05) is 18.3 Å². The largest absolute Gasteiger partial charge is 0.444 e. The second-order valence-corrected chi connectivity index (χ2v) is 7.23. The molecule has 0 radical (unpaired) electrons. The van der Waals surface area contributed by atoms with Crippen molar-refractivity contribution >= 4 is 23.5 Å². The van der Waals surface area contributed by atoms with Gasteiger partial charge in [0.1, 0.15) is 10.5 Å². The highest BCUT2D eigenvalue weighted by Gasteiger charge is 2.22. The average Bonchev–Trinajstić information content (AvgIpc) is 2.78. The van der Waals surface area contributed by atoms with Gasteiger partial charge in [-0.15, -0.1) is 0 Å². The number of ether oxygens (including phenoxy) is 1. The normalized spacial score (nSPS) is 11.9. The van der Waals surface area contributed by atoms with Crippen molar-refractivity contribution in [1.82, 2.24) is 15.0 Å². The Bertz CT molecular complexity index is 478. The topological polar surface area (TPSA) is 80.3 Å². The third-order valence-corrected chi connectivity index (χ3v) is 3.28. The van der Waals surface area contributed by atoms with Crippen molar-refractivity contribution in [3.8, 4) is 0 Å². The molecule has 118 valence electrons. The van der Waals surface area contributed by atoms with Crippen molar-refractivity contribution in [3.63, 3.8) is 0 Å². The maximum atomic E-state index is 12.0. The summed E-state index contributed by atoms with van der Waals surface area (Å²) in [6.45, 7) is 9.67. The van der Waals surface area contributed by atoms with Crippen molar-refractivity contribution < 1.29 is 14.3 Å². The fourth-order valence-corrected chi connectivity index (χ4v) is 2.05. The van der Waals surface area contributed by atoms with Gasteiger partial charge in [0.2, 0.25) is 0 Å². The highest BCUT2D eigenvalue weighted by Crippen LogP contribution is 2.12. The molecule has 0 aliphatic heterocycles. The van der Waals surface area contributed by atoms with Crippen molar-refractivity contribution in [2.75, 3.05) is 6.54 Å². The van der Waals surface area contributed by atoms with E-state index in [1.54, 1.807) is 12.3 Å². The van der Waals surface area contributed by atoms with Crippen LogP contribution in [-0.2, 0) is 4.74 Å². The van der Waals surface area contributed by atoms with E-state index in [2.05, 4.69) is 15.0 Å². The lowest BCUT2D eigenvalue weighted by molar-refractivity contribution is 0.0524. The Morgan fingerprint density at radius 1 is 1.29 bits per heavy atom. The molecule has 2 amide bonds. The number of alkyl carbamates (subject to hydrolysis) is 1. The summed E-state index contributed by atoms with van der Waals surface area (Å²) in [6, 6.07) is 1.68. The van der Waals surface area contributed by atoms with Gasteiger partial charge >= 0.3 is 6.09 Å². The number of nitrogens with zero attached hydrogens (tertiary/aromatic N) is 1. The van der Waals surface area contributed by atoms with Crippen LogP contribution in [0.3, 0.4) is 0 Å². The van der Waals surface area contributed by atoms with Gasteiger partial charge in [-0.25, -0.2) is 9.17 Å². The van der Waals surface area contributed by atoms with E-state index >= 15 is 0 Å². The van der Waals surface area contributed by atoms with Gasteiger partial charge < -0.3 is 15.4 Å². The molecule has 2 N–H and O–H groups in total. The van der Waals surface area contributed by atoms with Gasteiger partial charge in [-0.05, 0) is 58.6 Å². The molecule has 6 nitrogen and oxygen atoms in total. The Kier molecular flexibility index (Phi) is 5.71. The molecular weight excluding hydrogens is 290 g/mol. The van der Waals surface area contributed by atoms with Crippen molar-refractivity contribution in [2.45, 2.75) is 52.2 Å². The maximum Gasteiger partial charge on any atom is 0.407 e. The zero-order chi connectivity index (χ0) is 16.1. The van der Waals surface area contributed by atoms with Gasteiger partial charge in [0.25, 0.3) is 5.91 Å². The molecule has 0 saturated carbocycles. The highest BCUT2D eigenvalue weighted by atomic mass is 32.1. The Balaban J connectivity index is 2.36. The second-order valence-electron chi connectivity index (χ2n) is 6.39. The van der Waals surface area contributed by atoms with Crippen LogP contribution in [0.15, 0.2) is 12.3 Å². The molecule has 1 heterocycles. The number of aromatic nitrogens is 1. The van der Waals surface area contributed by atoms with Crippen LogP contribution in [0.1, 0.15) is 50.7 Å². The molecule has 21 heavy (non-hydrogen) atoms. The summed E-state index contributed by atoms with van der Waals surface area (Å²) in [7, 11) is 0. The molecule has 1 aromatic heterocycles. The first-order chi connectivity index (χ1) is 9.59. The zero-order valence-corrected chi connectivity index (χ0v) is 14.0. The fraction of sp³-hybridized carbons (Fsp3) is 0.643. The molecule has 0 fully saturated rings. The summed E-state index contributed by atoms with van der Waals surface area (Å²) >= 11 is 1.16. The van der Waals surface area contributed by atoms with Crippen molar-refractivity contribution in [3.05, 3.63) is 17.1 Å². The highest BCUT2D eigenvalue weighted by molar-refractivity contribution is 7.08. The third kappa shape index (κ3) is 7.08. The fourth-order valence-electron chi connectivity index (χ4n) is 1.56. The third-order valence-electron chi connectivity index (χ3n) is 2.53. The lowest BCUT2D eigenvalue weighted by Gasteiger charge is -2.26. The molecule has 0 saturated heterocycles. The Morgan fingerprint density at radius 2 is 1.95 bits per heavy atom. The molecule has 0 aliphatic carbocycles. The van der Waals surface area contributed by atoms with Gasteiger partial charge in [-0.3, -0.25) is 4.79 Å². The summed E-state index contributed by atoms with van der Waals surface area (Å²) in [5.74, 6) is -0.153. The predicted molar refractivity (Wildman–Crippen MR) is 82.5 cm³/mol. The number of amides is 2. The lowest BCUT2D eigenvalue weighted by atomic mass is 10.0. The number of nitrogens with one attached hydrogen (secondary N) is 2. The van der Waals surface area contributed by atoms with Crippen LogP contribution in [0, 0.1) is 0 Å². The molecular formula is C14H23N3O3S. The van der Waals surface area contributed by atoms with E-state index in [1.807, 2.05) is 34.6 Å². The summed E-state index contributed by atoms with van der Waals surface area (Å²) in [5, 5.41) is 5.60. The Hall–Kier alpha value is -1.63. The van der Waals surface area contributed by atoms with E-state index in [0.717, 1.165) is 11.5 Å². The van der Waals surface area contributed by atoms with Gasteiger partial charge in [-0.2, -0.15) is 0 Å². The van der Waals surface area contributed by atoms with E-state index < -0.39 is 17.2 Å². The summed E-state index contributed by atoms with van der Waals surface area (Å²) in [4.78, 5) is 24.1. The average molecular weight is 313 g/mol. The number of carbonyl (C=O) groups is 2. The van der Waals surface area contributed by atoms with Crippen LogP contribution < -0.4 is 10.6 Å². The van der Waals surface area contributed by atoms with Crippen LogP contribution in [0.4, 0.5) is 4.79 Å². The number of hydrogen-bond acceptors (Lipinski definition) is 5. The van der Waals surface area contributed by atoms with Crippen LogP contribution in [0.25, 0.3) is 0 Å². The predicted octanol–water partition coefficient (Wildman–Crippen LogP) is 2.57. The summed E-state index contributed by atoms with van der Waals surface area (Å²) in [5.41, 5.74) is -0.948. The lowest BCUT2D eigenvalue weighted by Crippen LogP contribution is -2.45. The quantitative estimate of drug-likeness (QED) is 0.875. The Morgan fingerprint density at radius 3 is 2.48 bits per heavy atom. The number of rotatable bonds is 5. The molecule has 0 aromatic carbocycles. The molecule has 7 heteroatoms.